The van der Waals surface area contributed by atoms with E-state index in [4.69, 9.17) is 6.42 Å². The minimum Gasteiger partial charge on any atom is -0.340 e. The molecule has 0 saturated carbocycles. The molecule has 5 rings (SSSR count). The van der Waals surface area contributed by atoms with E-state index in [1.54, 1.807) is 6.33 Å². The fourth-order valence-electron chi connectivity index (χ4n) is 5.12. The molecule has 1 aromatic heterocycles. The van der Waals surface area contributed by atoms with Gasteiger partial charge < -0.3 is 10.2 Å². The molecule has 2 aromatic carbocycles. The molecule has 0 radical (unpaired) electrons. The molecule has 6 heteroatoms. The van der Waals surface area contributed by atoms with E-state index in [0.29, 0.717) is 30.6 Å². The van der Waals surface area contributed by atoms with Gasteiger partial charge in [0.05, 0.1) is 12.1 Å². The van der Waals surface area contributed by atoms with Crippen LogP contribution in [0.25, 0.3) is 10.9 Å². The van der Waals surface area contributed by atoms with Gasteiger partial charge in [-0.3, -0.25) is 9.69 Å². The number of rotatable bonds is 6. The number of carbonyl (C=O) groups excluding carboxylic acids is 1. The SMILES string of the molecule is C#Cc1cccc(Nc2ncnc3ccc(CC(=O)CN4CC5CN(C)CC5C4)cc23)c1. The van der Waals surface area contributed by atoms with Crippen LogP contribution in [-0.2, 0) is 11.2 Å². The molecule has 0 aliphatic carbocycles. The molecule has 2 aliphatic heterocycles. The Hall–Kier alpha value is -3.27. The number of ketones is 1. The van der Waals surface area contributed by atoms with Gasteiger partial charge in [0.1, 0.15) is 12.1 Å². The zero-order valence-electron chi connectivity index (χ0n) is 18.3. The van der Waals surface area contributed by atoms with Gasteiger partial charge >= 0.3 is 0 Å². The molecule has 32 heavy (non-hydrogen) atoms. The fraction of sp³-hybridized carbons (Fsp3) is 0.346. The predicted octanol–water partition coefficient (Wildman–Crippen LogP) is 2.96. The number of anilines is 2. The highest BCUT2D eigenvalue weighted by Crippen LogP contribution is 2.30. The number of Topliss-reactive ketones (excluding diaryl/α,β-unsaturated/α-hetero) is 1. The van der Waals surface area contributed by atoms with Crippen molar-refractivity contribution in [2.75, 3.05) is 45.1 Å². The summed E-state index contributed by atoms with van der Waals surface area (Å²) in [7, 11) is 2.19. The van der Waals surface area contributed by atoms with Crippen molar-refractivity contribution in [3.63, 3.8) is 0 Å². The highest BCUT2D eigenvalue weighted by Gasteiger charge is 2.38. The Morgan fingerprint density at radius 2 is 1.94 bits per heavy atom. The molecule has 2 saturated heterocycles. The van der Waals surface area contributed by atoms with Crippen molar-refractivity contribution >= 4 is 28.2 Å². The summed E-state index contributed by atoms with van der Waals surface area (Å²) in [5, 5.41) is 4.23. The summed E-state index contributed by atoms with van der Waals surface area (Å²) in [5.41, 5.74) is 3.49. The molecule has 3 aromatic rings. The molecule has 162 valence electrons. The Labute approximate surface area is 188 Å². The summed E-state index contributed by atoms with van der Waals surface area (Å²) in [6.45, 7) is 4.92. The number of nitrogens with zero attached hydrogens (tertiary/aromatic N) is 4. The van der Waals surface area contributed by atoms with E-state index in [1.165, 1.54) is 0 Å². The maximum Gasteiger partial charge on any atom is 0.151 e. The molecule has 1 N–H and O–H groups in total. The van der Waals surface area contributed by atoms with Gasteiger partial charge in [-0.15, -0.1) is 6.42 Å². The molecule has 2 atom stereocenters. The molecular weight excluding hydrogens is 398 g/mol. The third-order valence-corrected chi connectivity index (χ3v) is 6.54. The van der Waals surface area contributed by atoms with Crippen molar-refractivity contribution in [3.05, 3.63) is 59.9 Å². The van der Waals surface area contributed by atoms with Crippen LogP contribution in [-0.4, -0.2) is 65.3 Å². The minimum atomic E-state index is 0.255. The zero-order chi connectivity index (χ0) is 22.1. The molecule has 2 aliphatic rings. The van der Waals surface area contributed by atoms with Crippen molar-refractivity contribution in [1.29, 1.82) is 0 Å². The quantitative estimate of drug-likeness (QED) is 0.613. The molecule has 2 fully saturated rings. The second kappa shape index (κ2) is 8.70. The topological polar surface area (TPSA) is 61.4 Å². The summed E-state index contributed by atoms with van der Waals surface area (Å²) < 4.78 is 0. The van der Waals surface area contributed by atoms with Crippen LogP contribution in [0, 0.1) is 24.2 Å². The number of terminal acetylenes is 1. The third kappa shape index (κ3) is 4.36. The van der Waals surface area contributed by atoms with Crippen molar-refractivity contribution in [3.8, 4) is 12.3 Å². The Balaban J connectivity index is 1.29. The van der Waals surface area contributed by atoms with E-state index in [-0.39, 0.29) is 5.78 Å². The lowest BCUT2D eigenvalue weighted by molar-refractivity contribution is -0.119. The maximum absolute atomic E-state index is 12.8. The summed E-state index contributed by atoms with van der Waals surface area (Å²) in [6, 6.07) is 13.6. The first-order valence-corrected chi connectivity index (χ1v) is 11.1. The van der Waals surface area contributed by atoms with Crippen molar-refractivity contribution in [2.45, 2.75) is 6.42 Å². The molecule has 0 bridgehead atoms. The number of hydrogen-bond donors (Lipinski definition) is 1. The predicted molar refractivity (Wildman–Crippen MR) is 127 cm³/mol. The van der Waals surface area contributed by atoms with Gasteiger partial charge in [0, 0.05) is 49.2 Å². The fourth-order valence-corrected chi connectivity index (χ4v) is 5.12. The summed E-state index contributed by atoms with van der Waals surface area (Å²) in [4.78, 5) is 26.4. The van der Waals surface area contributed by atoms with Crippen molar-refractivity contribution in [1.82, 2.24) is 19.8 Å². The molecule has 0 spiro atoms. The number of fused-ring (bicyclic) bond motifs is 2. The lowest BCUT2D eigenvalue weighted by atomic mass is 10.0. The number of carbonyl (C=O) groups is 1. The van der Waals surface area contributed by atoms with E-state index < -0.39 is 0 Å². The molecule has 0 amide bonds. The largest absolute Gasteiger partial charge is 0.340 e. The number of nitrogens with one attached hydrogen (secondary N) is 1. The number of benzene rings is 2. The lowest BCUT2D eigenvalue weighted by Crippen LogP contribution is -2.32. The lowest BCUT2D eigenvalue weighted by Gasteiger charge is -2.18. The van der Waals surface area contributed by atoms with Crippen LogP contribution in [0.3, 0.4) is 0 Å². The minimum absolute atomic E-state index is 0.255. The van der Waals surface area contributed by atoms with E-state index in [2.05, 4.69) is 38.1 Å². The van der Waals surface area contributed by atoms with Crippen molar-refractivity contribution < 1.29 is 4.79 Å². The van der Waals surface area contributed by atoms with E-state index in [0.717, 1.165) is 53.9 Å². The first kappa shape index (κ1) is 20.6. The van der Waals surface area contributed by atoms with Crippen molar-refractivity contribution in [2.24, 2.45) is 11.8 Å². The van der Waals surface area contributed by atoms with Crippen LogP contribution < -0.4 is 5.32 Å². The van der Waals surface area contributed by atoms with E-state index in [1.807, 2.05) is 42.5 Å². The van der Waals surface area contributed by atoms with Gasteiger partial charge in [-0.2, -0.15) is 0 Å². The molecule has 6 nitrogen and oxygen atoms in total. The number of aromatic nitrogens is 2. The summed E-state index contributed by atoms with van der Waals surface area (Å²) >= 11 is 0. The highest BCUT2D eigenvalue weighted by molar-refractivity contribution is 5.92. The average molecular weight is 426 g/mol. The summed E-state index contributed by atoms with van der Waals surface area (Å²) in [6.07, 6.45) is 7.48. The normalized spacial score (nSPS) is 20.9. The second-order valence-corrected chi connectivity index (χ2v) is 9.07. The van der Waals surface area contributed by atoms with Crippen LogP contribution in [0.2, 0.25) is 0 Å². The monoisotopic (exact) mass is 425 g/mol. The average Bonchev–Trinajstić information content (AvgIpc) is 3.30. The van der Waals surface area contributed by atoms with E-state index in [9.17, 15) is 4.79 Å². The van der Waals surface area contributed by atoms with Gasteiger partial charge in [-0.25, -0.2) is 9.97 Å². The zero-order valence-corrected chi connectivity index (χ0v) is 18.3. The first-order valence-electron chi connectivity index (χ1n) is 11.1. The number of likely N-dealkylation sites (tertiary alicyclic amines) is 2. The van der Waals surface area contributed by atoms with Gasteiger partial charge in [0.15, 0.2) is 5.78 Å². The van der Waals surface area contributed by atoms with Gasteiger partial charge in [-0.05, 0) is 54.8 Å². The third-order valence-electron chi connectivity index (χ3n) is 6.54. The Kier molecular flexibility index (Phi) is 5.60. The second-order valence-electron chi connectivity index (χ2n) is 9.07. The van der Waals surface area contributed by atoms with Crippen LogP contribution in [0.1, 0.15) is 11.1 Å². The van der Waals surface area contributed by atoms with Gasteiger partial charge in [-0.1, -0.05) is 18.1 Å². The Morgan fingerprint density at radius 3 is 2.72 bits per heavy atom. The number of hydrogen-bond acceptors (Lipinski definition) is 6. The van der Waals surface area contributed by atoms with Gasteiger partial charge in [0.25, 0.3) is 0 Å². The molecule has 3 heterocycles. The molecule has 2 unspecified atom stereocenters. The van der Waals surface area contributed by atoms with Gasteiger partial charge in [0.2, 0.25) is 0 Å². The smallest absolute Gasteiger partial charge is 0.151 e. The first-order chi connectivity index (χ1) is 15.6. The molecular formula is C26H27N5O. The van der Waals surface area contributed by atoms with Crippen LogP contribution in [0.4, 0.5) is 11.5 Å². The Bertz CT molecular complexity index is 1190. The van der Waals surface area contributed by atoms with Crippen LogP contribution >= 0.6 is 0 Å². The highest BCUT2D eigenvalue weighted by atomic mass is 16.1. The van der Waals surface area contributed by atoms with E-state index >= 15 is 0 Å². The van der Waals surface area contributed by atoms with Crippen LogP contribution in [0.5, 0.6) is 0 Å². The Morgan fingerprint density at radius 1 is 1.12 bits per heavy atom. The summed E-state index contributed by atoms with van der Waals surface area (Å²) in [5.74, 6) is 5.04. The van der Waals surface area contributed by atoms with Crippen LogP contribution in [0.15, 0.2) is 48.8 Å². The standard InChI is InChI=1S/C26H27N5O/c1-3-18-5-4-6-22(9-18)29-26-24-11-19(7-8-25(24)27-17-28-26)10-23(32)16-31-14-20-12-30(2)13-21(20)15-31/h1,4-9,11,17,20-21H,10,12-16H2,2H3,(H,27,28,29). The maximum atomic E-state index is 12.8.